The van der Waals surface area contributed by atoms with Crippen LogP contribution >= 0.6 is 0 Å². The topological polar surface area (TPSA) is 23.5 Å². The quantitative estimate of drug-likeness (QED) is 0.774. The standard InChI is InChI=1S/C12H17NO/c1-3-13-7-6-11-8-10(9(2)14)4-5-12(11)13/h4-5,8-9,14H,3,6-7H2,1-2H3. The van der Waals surface area contributed by atoms with Crippen molar-refractivity contribution in [1.82, 2.24) is 0 Å². The van der Waals surface area contributed by atoms with E-state index in [1.165, 1.54) is 11.3 Å². The highest BCUT2D eigenvalue weighted by molar-refractivity contribution is 5.59. The normalized spacial score (nSPS) is 16.9. The molecule has 1 atom stereocenters. The third-order valence-electron chi connectivity index (χ3n) is 2.96. The molecule has 0 aromatic heterocycles. The zero-order chi connectivity index (χ0) is 10.1. The van der Waals surface area contributed by atoms with Crippen molar-refractivity contribution in [2.75, 3.05) is 18.0 Å². The molecule has 1 aromatic rings. The molecule has 2 nitrogen and oxygen atoms in total. The first kappa shape index (κ1) is 9.53. The number of likely N-dealkylation sites (N-methyl/N-ethyl adjacent to an activating group) is 1. The van der Waals surface area contributed by atoms with Crippen molar-refractivity contribution >= 4 is 5.69 Å². The van der Waals surface area contributed by atoms with Gasteiger partial charge in [-0.2, -0.15) is 0 Å². The number of hydrogen-bond acceptors (Lipinski definition) is 2. The lowest BCUT2D eigenvalue weighted by Crippen LogP contribution is -2.19. The van der Waals surface area contributed by atoms with Crippen LogP contribution in [0.5, 0.6) is 0 Å². The molecule has 1 aliphatic rings. The molecule has 0 aliphatic carbocycles. The average molecular weight is 191 g/mol. The van der Waals surface area contributed by atoms with E-state index in [9.17, 15) is 5.11 Å². The Hall–Kier alpha value is -1.02. The van der Waals surface area contributed by atoms with Gasteiger partial charge in [-0.1, -0.05) is 12.1 Å². The van der Waals surface area contributed by atoms with E-state index in [1.54, 1.807) is 0 Å². The van der Waals surface area contributed by atoms with Crippen molar-refractivity contribution in [3.63, 3.8) is 0 Å². The van der Waals surface area contributed by atoms with E-state index >= 15 is 0 Å². The second-order valence-electron chi connectivity index (χ2n) is 3.89. The van der Waals surface area contributed by atoms with Gasteiger partial charge in [-0.3, -0.25) is 0 Å². The van der Waals surface area contributed by atoms with Crippen molar-refractivity contribution in [3.05, 3.63) is 29.3 Å². The third-order valence-corrected chi connectivity index (χ3v) is 2.96. The average Bonchev–Trinajstić information content (AvgIpc) is 2.59. The van der Waals surface area contributed by atoms with Crippen LogP contribution in [0.3, 0.4) is 0 Å². The molecule has 1 aliphatic heterocycles. The molecule has 1 N–H and O–H groups in total. The molecule has 1 aromatic carbocycles. The second-order valence-corrected chi connectivity index (χ2v) is 3.89. The monoisotopic (exact) mass is 191 g/mol. The predicted octanol–water partition coefficient (Wildman–Crippen LogP) is 2.12. The van der Waals surface area contributed by atoms with Crippen molar-refractivity contribution in [1.29, 1.82) is 0 Å². The Morgan fingerprint density at radius 3 is 2.93 bits per heavy atom. The summed E-state index contributed by atoms with van der Waals surface area (Å²) in [6.45, 7) is 6.18. The Kier molecular flexibility index (Phi) is 2.46. The van der Waals surface area contributed by atoms with Crippen LogP contribution in [0, 0.1) is 0 Å². The lowest BCUT2D eigenvalue weighted by atomic mass is 10.1. The first-order chi connectivity index (χ1) is 6.72. The third kappa shape index (κ3) is 1.50. The van der Waals surface area contributed by atoms with Gasteiger partial charge in [0, 0.05) is 18.8 Å². The highest BCUT2D eigenvalue weighted by Crippen LogP contribution is 2.29. The van der Waals surface area contributed by atoms with E-state index in [0.29, 0.717) is 0 Å². The van der Waals surface area contributed by atoms with E-state index in [0.717, 1.165) is 25.1 Å². The molecule has 76 valence electrons. The predicted molar refractivity (Wildman–Crippen MR) is 58.7 cm³/mol. The second kappa shape index (κ2) is 3.62. The summed E-state index contributed by atoms with van der Waals surface area (Å²) in [4.78, 5) is 2.38. The first-order valence-electron chi connectivity index (χ1n) is 5.28. The van der Waals surface area contributed by atoms with E-state index in [1.807, 2.05) is 13.0 Å². The van der Waals surface area contributed by atoms with Gasteiger partial charge in [0.15, 0.2) is 0 Å². The zero-order valence-corrected chi connectivity index (χ0v) is 8.83. The lowest BCUT2D eigenvalue weighted by molar-refractivity contribution is 0.199. The van der Waals surface area contributed by atoms with Gasteiger partial charge in [-0.25, -0.2) is 0 Å². The van der Waals surface area contributed by atoms with Gasteiger partial charge in [0.2, 0.25) is 0 Å². The van der Waals surface area contributed by atoms with Crippen molar-refractivity contribution < 1.29 is 5.11 Å². The summed E-state index contributed by atoms with van der Waals surface area (Å²) in [5.74, 6) is 0. The molecule has 1 heterocycles. The van der Waals surface area contributed by atoms with Gasteiger partial charge < -0.3 is 10.0 Å². The molecule has 0 spiro atoms. The molecule has 0 saturated carbocycles. The van der Waals surface area contributed by atoms with Gasteiger partial charge >= 0.3 is 0 Å². The molecule has 2 rings (SSSR count). The summed E-state index contributed by atoms with van der Waals surface area (Å²) in [5.41, 5.74) is 3.75. The highest BCUT2D eigenvalue weighted by Gasteiger charge is 2.18. The molecule has 14 heavy (non-hydrogen) atoms. The van der Waals surface area contributed by atoms with Crippen LogP contribution in [-0.4, -0.2) is 18.2 Å². The number of aliphatic hydroxyl groups is 1. The molecule has 0 saturated heterocycles. The Morgan fingerprint density at radius 1 is 1.50 bits per heavy atom. The van der Waals surface area contributed by atoms with Crippen LogP contribution in [0.1, 0.15) is 31.1 Å². The molecule has 0 radical (unpaired) electrons. The summed E-state index contributed by atoms with van der Waals surface area (Å²) in [6, 6.07) is 6.29. The highest BCUT2D eigenvalue weighted by atomic mass is 16.3. The maximum atomic E-state index is 9.46. The van der Waals surface area contributed by atoms with E-state index < -0.39 is 0 Å². The van der Waals surface area contributed by atoms with Crippen LogP contribution in [0.15, 0.2) is 18.2 Å². The smallest absolute Gasteiger partial charge is 0.0762 e. The summed E-state index contributed by atoms with van der Waals surface area (Å²) < 4.78 is 0. The molecule has 2 heteroatoms. The summed E-state index contributed by atoms with van der Waals surface area (Å²) in [6.07, 6.45) is 0.764. The molecule has 0 amide bonds. The van der Waals surface area contributed by atoms with Crippen LogP contribution in [-0.2, 0) is 6.42 Å². The van der Waals surface area contributed by atoms with Gasteiger partial charge in [-0.15, -0.1) is 0 Å². The summed E-state index contributed by atoms with van der Waals surface area (Å²) in [7, 11) is 0. The van der Waals surface area contributed by atoms with Gasteiger partial charge in [0.1, 0.15) is 0 Å². The largest absolute Gasteiger partial charge is 0.389 e. The van der Waals surface area contributed by atoms with Gasteiger partial charge in [0.05, 0.1) is 6.10 Å². The van der Waals surface area contributed by atoms with Crippen molar-refractivity contribution in [2.45, 2.75) is 26.4 Å². The number of aliphatic hydroxyl groups excluding tert-OH is 1. The fraction of sp³-hybridized carbons (Fsp3) is 0.500. The van der Waals surface area contributed by atoms with Crippen molar-refractivity contribution in [2.24, 2.45) is 0 Å². The number of benzene rings is 1. The van der Waals surface area contributed by atoms with Gasteiger partial charge in [0.25, 0.3) is 0 Å². The Balaban J connectivity index is 2.34. The van der Waals surface area contributed by atoms with E-state index in [-0.39, 0.29) is 6.10 Å². The van der Waals surface area contributed by atoms with Crippen LogP contribution in [0.25, 0.3) is 0 Å². The molecule has 0 bridgehead atoms. The Morgan fingerprint density at radius 2 is 2.29 bits per heavy atom. The Bertz CT molecular complexity index is 333. The summed E-state index contributed by atoms with van der Waals surface area (Å²) >= 11 is 0. The maximum absolute atomic E-state index is 9.46. The molecule has 1 unspecified atom stereocenters. The van der Waals surface area contributed by atoms with Crippen LogP contribution in [0.4, 0.5) is 5.69 Å². The Labute approximate surface area is 85.2 Å². The minimum atomic E-state index is -0.351. The number of nitrogens with zero attached hydrogens (tertiary/aromatic N) is 1. The molecular weight excluding hydrogens is 174 g/mol. The molecule has 0 fully saturated rings. The lowest BCUT2D eigenvalue weighted by Gasteiger charge is -2.16. The van der Waals surface area contributed by atoms with Crippen molar-refractivity contribution in [3.8, 4) is 0 Å². The SMILES string of the molecule is CCN1CCc2cc(C(C)O)ccc21. The van der Waals surface area contributed by atoms with Crippen LogP contribution < -0.4 is 4.90 Å². The van der Waals surface area contributed by atoms with E-state index in [2.05, 4.69) is 24.0 Å². The van der Waals surface area contributed by atoms with Gasteiger partial charge in [-0.05, 0) is 37.5 Å². The van der Waals surface area contributed by atoms with E-state index in [4.69, 9.17) is 0 Å². The van der Waals surface area contributed by atoms with Crippen LogP contribution in [0.2, 0.25) is 0 Å². The number of rotatable bonds is 2. The molecular formula is C12H17NO. The maximum Gasteiger partial charge on any atom is 0.0762 e. The fourth-order valence-electron chi connectivity index (χ4n) is 2.08. The number of hydrogen-bond donors (Lipinski definition) is 1. The summed E-state index contributed by atoms with van der Waals surface area (Å²) in [5, 5.41) is 9.46. The number of anilines is 1. The minimum Gasteiger partial charge on any atom is -0.389 e. The fourth-order valence-corrected chi connectivity index (χ4v) is 2.08. The zero-order valence-electron chi connectivity index (χ0n) is 8.83. The minimum absolute atomic E-state index is 0.351. The first-order valence-corrected chi connectivity index (χ1v) is 5.28. The number of fused-ring (bicyclic) bond motifs is 1.